The summed E-state index contributed by atoms with van der Waals surface area (Å²) >= 11 is 0. The van der Waals surface area contributed by atoms with Crippen LogP contribution in [0.5, 0.6) is 0 Å². The molecule has 0 fully saturated rings. The molecule has 1 unspecified atom stereocenters. The zero-order valence-electron chi connectivity index (χ0n) is 13.9. The van der Waals surface area contributed by atoms with Crippen molar-refractivity contribution < 1.29 is 9.95 Å². The number of hydrogen-bond donors (Lipinski definition) is 4. The van der Waals surface area contributed by atoms with E-state index in [1.165, 1.54) is 12.1 Å². The van der Waals surface area contributed by atoms with Gasteiger partial charge >= 0.3 is 7.05 Å². The SMILES string of the molecule is CCC(CCN)NC[C@H](Cc1ccc([N+](=O)[O-])cc1)NB(C)O. The first-order valence-electron chi connectivity index (χ1n) is 8.07. The molecule has 128 valence electrons. The van der Waals surface area contributed by atoms with Crippen LogP contribution < -0.4 is 16.3 Å². The number of hydrogen-bond acceptors (Lipinski definition) is 6. The lowest BCUT2D eigenvalue weighted by Crippen LogP contribution is -2.49. The van der Waals surface area contributed by atoms with Crippen LogP contribution in [0, 0.1) is 10.1 Å². The van der Waals surface area contributed by atoms with Crippen molar-refractivity contribution in [2.24, 2.45) is 5.73 Å². The second kappa shape index (κ2) is 10.3. The predicted octanol–water partition coefficient (Wildman–Crippen LogP) is 0.923. The van der Waals surface area contributed by atoms with Crippen LogP contribution in [0.25, 0.3) is 0 Å². The van der Waals surface area contributed by atoms with Crippen LogP contribution in [0.15, 0.2) is 24.3 Å². The number of nitrogens with zero attached hydrogens (tertiary/aromatic N) is 1. The minimum Gasteiger partial charge on any atom is -0.437 e. The molecular formula is C15H27BN4O3. The van der Waals surface area contributed by atoms with Crippen LogP contribution in [0.3, 0.4) is 0 Å². The average molecular weight is 322 g/mol. The molecule has 0 amide bonds. The van der Waals surface area contributed by atoms with E-state index >= 15 is 0 Å². The Morgan fingerprint density at radius 3 is 2.48 bits per heavy atom. The standard InChI is InChI=1S/C15H27BN4O3/c1-3-13(8-9-17)18-11-14(19-16(2)21)10-12-4-6-15(7-5-12)20(22)23/h4-7,13-14,18-19,21H,3,8-11,17H2,1-2H3/t13?,14-/m0/s1. The van der Waals surface area contributed by atoms with Gasteiger partial charge < -0.3 is 21.3 Å². The van der Waals surface area contributed by atoms with Crippen molar-refractivity contribution in [2.45, 2.75) is 45.1 Å². The van der Waals surface area contributed by atoms with E-state index in [4.69, 9.17) is 5.73 Å². The minimum absolute atomic E-state index is 0.0308. The van der Waals surface area contributed by atoms with E-state index in [-0.39, 0.29) is 11.7 Å². The van der Waals surface area contributed by atoms with Crippen LogP contribution in [-0.4, -0.2) is 42.2 Å². The summed E-state index contributed by atoms with van der Waals surface area (Å²) in [6.07, 6.45) is 2.58. The van der Waals surface area contributed by atoms with Crippen molar-refractivity contribution in [2.75, 3.05) is 13.1 Å². The Kier molecular flexibility index (Phi) is 8.79. The normalized spacial score (nSPS) is 13.6. The van der Waals surface area contributed by atoms with E-state index in [1.54, 1.807) is 19.0 Å². The maximum Gasteiger partial charge on any atom is 0.373 e. The van der Waals surface area contributed by atoms with Crippen molar-refractivity contribution in [1.29, 1.82) is 0 Å². The molecular weight excluding hydrogens is 295 g/mol. The predicted molar refractivity (Wildman–Crippen MR) is 93.3 cm³/mol. The molecule has 1 rings (SSSR count). The first-order chi connectivity index (χ1) is 11.0. The number of benzene rings is 1. The second-order valence-corrected chi connectivity index (χ2v) is 5.76. The fourth-order valence-electron chi connectivity index (χ4n) is 2.53. The van der Waals surface area contributed by atoms with Crippen molar-refractivity contribution >= 4 is 12.7 Å². The monoisotopic (exact) mass is 322 g/mol. The smallest absolute Gasteiger partial charge is 0.373 e. The minimum atomic E-state index is -0.616. The Hall–Kier alpha value is -1.48. The van der Waals surface area contributed by atoms with Gasteiger partial charge in [-0.3, -0.25) is 10.1 Å². The van der Waals surface area contributed by atoms with E-state index in [0.717, 1.165) is 18.4 Å². The third-order valence-corrected chi connectivity index (χ3v) is 3.77. The zero-order chi connectivity index (χ0) is 17.2. The van der Waals surface area contributed by atoms with Crippen molar-refractivity contribution in [1.82, 2.24) is 10.5 Å². The van der Waals surface area contributed by atoms with Gasteiger partial charge in [0.1, 0.15) is 0 Å². The molecule has 7 nitrogen and oxygen atoms in total. The Morgan fingerprint density at radius 2 is 2.00 bits per heavy atom. The van der Waals surface area contributed by atoms with Crippen LogP contribution in [0.2, 0.25) is 6.82 Å². The molecule has 5 N–H and O–H groups in total. The highest BCUT2D eigenvalue weighted by molar-refractivity contribution is 6.45. The zero-order valence-corrected chi connectivity index (χ0v) is 13.9. The number of rotatable bonds is 11. The number of nitro benzene ring substituents is 1. The van der Waals surface area contributed by atoms with E-state index in [0.29, 0.717) is 25.6 Å². The second-order valence-electron chi connectivity index (χ2n) is 5.76. The van der Waals surface area contributed by atoms with Gasteiger partial charge in [0, 0.05) is 30.8 Å². The molecule has 1 aromatic rings. The van der Waals surface area contributed by atoms with Gasteiger partial charge in [-0.15, -0.1) is 0 Å². The Balaban J connectivity index is 2.64. The molecule has 0 aromatic heterocycles. The lowest BCUT2D eigenvalue weighted by molar-refractivity contribution is -0.384. The van der Waals surface area contributed by atoms with Gasteiger partial charge in [-0.25, -0.2) is 0 Å². The molecule has 0 heterocycles. The molecule has 23 heavy (non-hydrogen) atoms. The van der Waals surface area contributed by atoms with Gasteiger partial charge in [0.2, 0.25) is 0 Å². The highest BCUT2D eigenvalue weighted by atomic mass is 16.6. The number of nitro groups is 1. The van der Waals surface area contributed by atoms with Crippen molar-refractivity contribution in [3.63, 3.8) is 0 Å². The van der Waals surface area contributed by atoms with Crippen molar-refractivity contribution in [3.8, 4) is 0 Å². The van der Waals surface area contributed by atoms with E-state index in [1.807, 2.05) is 0 Å². The van der Waals surface area contributed by atoms with Gasteiger partial charge in [0.15, 0.2) is 0 Å². The highest BCUT2D eigenvalue weighted by Crippen LogP contribution is 2.13. The topological polar surface area (TPSA) is 113 Å². The van der Waals surface area contributed by atoms with Crippen molar-refractivity contribution in [3.05, 3.63) is 39.9 Å². The summed E-state index contributed by atoms with van der Waals surface area (Å²) in [4.78, 5) is 10.3. The molecule has 0 saturated heterocycles. The Morgan fingerprint density at radius 1 is 1.35 bits per heavy atom. The van der Waals surface area contributed by atoms with Crippen LogP contribution in [0.1, 0.15) is 25.3 Å². The number of nitrogens with two attached hydrogens (primary N) is 1. The molecule has 0 aliphatic carbocycles. The van der Waals surface area contributed by atoms with Crippen LogP contribution in [0.4, 0.5) is 5.69 Å². The number of non-ortho nitro benzene ring substituents is 1. The Labute approximate surface area is 137 Å². The van der Waals surface area contributed by atoms with Crippen LogP contribution >= 0.6 is 0 Å². The molecule has 0 bridgehead atoms. The first kappa shape index (κ1) is 19.6. The van der Waals surface area contributed by atoms with Gasteiger partial charge in [0.05, 0.1) is 4.92 Å². The number of nitrogens with one attached hydrogen (secondary N) is 2. The van der Waals surface area contributed by atoms with Gasteiger partial charge in [-0.05, 0) is 38.2 Å². The van der Waals surface area contributed by atoms with Gasteiger partial charge in [0.25, 0.3) is 5.69 Å². The molecule has 0 radical (unpaired) electrons. The average Bonchev–Trinajstić information content (AvgIpc) is 2.51. The fraction of sp³-hybridized carbons (Fsp3) is 0.600. The first-order valence-corrected chi connectivity index (χ1v) is 8.07. The van der Waals surface area contributed by atoms with Gasteiger partial charge in [-0.2, -0.15) is 0 Å². The lowest BCUT2D eigenvalue weighted by Gasteiger charge is -2.24. The third kappa shape index (κ3) is 7.56. The molecule has 1 aromatic carbocycles. The molecule has 0 saturated carbocycles. The van der Waals surface area contributed by atoms with Crippen LogP contribution in [-0.2, 0) is 6.42 Å². The quantitative estimate of drug-likeness (QED) is 0.274. The summed E-state index contributed by atoms with van der Waals surface area (Å²) in [6.45, 7) is 5.13. The summed E-state index contributed by atoms with van der Waals surface area (Å²) in [5, 5.41) is 26.9. The molecule has 0 spiro atoms. The summed E-state index contributed by atoms with van der Waals surface area (Å²) in [5.74, 6) is 0. The largest absolute Gasteiger partial charge is 0.437 e. The van der Waals surface area contributed by atoms with E-state index in [9.17, 15) is 15.1 Å². The molecule has 2 atom stereocenters. The molecule has 0 aliphatic rings. The van der Waals surface area contributed by atoms with E-state index < -0.39 is 12.0 Å². The fourth-order valence-corrected chi connectivity index (χ4v) is 2.53. The highest BCUT2D eigenvalue weighted by Gasteiger charge is 2.16. The van der Waals surface area contributed by atoms with Gasteiger partial charge in [-0.1, -0.05) is 19.1 Å². The lowest BCUT2D eigenvalue weighted by atomic mass is 9.86. The molecule has 8 heteroatoms. The summed E-state index contributed by atoms with van der Waals surface area (Å²) < 4.78 is 0. The Bertz CT molecular complexity index is 470. The third-order valence-electron chi connectivity index (χ3n) is 3.77. The maximum absolute atomic E-state index is 10.7. The summed E-state index contributed by atoms with van der Waals surface area (Å²) in [7, 11) is -0.616. The molecule has 0 aliphatic heterocycles. The summed E-state index contributed by atoms with van der Waals surface area (Å²) in [5.41, 5.74) is 6.68. The maximum atomic E-state index is 10.7. The summed E-state index contributed by atoms with van der Waals surface area (Å²) in [6, 6.07) is 6.91. The van der Waals surface area contributed by atoms with E-state index in [2.05, 4.69) is 17.5 Å².